The van der Waals surface area contributed by atoms with Crippen LogP contribution in [0.3, 0.4) is 0 Å². The van der Waals surface area contributed by atoms with E-state index in [1.165, 1.54) is 275 Å². The predicted octanol–water partition coefficient (Wildman–Crippen LogP) is 33.1. The Balaban J connectivity index is 0.704. The fraction of sp³-hybridized carbons (Fsp3) is 0.259. The minimum atomic E-state index is -0.217. The molecule has 0 aliphatic heterocycles. The summed E-state index contributed by atoms with van der Waals surface area (Å²) < 4.78 is 0. The molecule has 118 heavy (non-hydrogen) atoms. The molecule has 4 aliphatic carbocycles. The van der Waals surface area contributed by atoms with E-state index in [1.54, 1.807) is 0 Å². The first-order chi connectivity index (χ1) is 57.1. The number of aryl methyl sites for hydroxylation is 6. The summed E-state index contributed by atoms with van der Waals surface area (Å²) in [5.41, 5.74) is 46.2. The van der Waals surface area contributed by atoms with Gasteiger partial charge in [-0.1, -0.05) is 315 Å². The van der Waals surface area contributed by atoms with Gasteiger partial charge in [0.05, 0.1) is 22.7 Å². The molecule has 2 nitrogen and oxygen atoms in total. The maximum absolute atomic E-state index is 2.64. The summed E-state index contributed by atoms with van der Waals surface area (Å²) in [4.78, 5) is 5.28. The van der Waals surface area contributed by atoms with Crippen LogP contribution in [0.25, 0.3) is 111 Å². The highest BCUT2D eigenvalue weighted by atomic mass is 15.2. The summed E-state index contributed by atoms with van der Waals surface area (Å²) in [7, 11) is 0. The number of anilines is 6. The average molecular weight is 1530 g/mol. The van der Waals surface area contributed by atoms with Crippen LogP contribution in [0.15, 0.2) is 279 Å². The molecular weight excluding hydrogens is 1420 g/mol. The van der Waals surface area contributed by atoms with Crippen LogP contribution in [-0.2, 0) is 34.5 Å². The molecule has 0 N–H and O–H groups in total. The van der Waals surface area contributed by atoms with Crippen molar-refractivity contribution in [1.29, 1.82) is 0 Å². The van der Waals surface area contributed by atoms with E-state index in [0.717, 1.165) is 24.2 Å². The van der Waals surface area contributed by atoms with Crippen molar-refractivity contribution in [3.63, 3.8) is 0 Å². The van der Waals surface area contributed by atoms with E-state index in [0.29, 0.717) is 0 Å². The number of fused-ring (bicyclic) bond motifs is 14. The Hall–Kier alpha value is -11.6. The molecule has 586 valence electrons. The van der Waals surface area contributed by atoms with Gasteiger partial charge in [0.1, 0.15) is 0 Å². The van der Waals surface area contributed by atoms with E-state index in [2.05, 4.69) is 386 Å². The van der Waals surface area contributed by atoms with Gasteiger partial charge in [-0.05, 0) is 305 Å². The van der Waals surface area contributed by atoms with Gasteiger partial charge in [-0.15, -0.1) is 0 Å². The van der Waals surface area contributed by atoms with E-state index in [-0.39, 0.29) is 21.7 Å². The summed E-state index contributed by atoms with van der Waals surface area (Å²) in [6.07, 6.45) is 14.8. The van der Waals surface area contributed by atoms with Crippen LogP contribution >= 0.6 is 0 Å². The lowest BCUT2D eigenvalue weighted by molar-refractivity contribution is 0.632. The lowest BCUT2D eigenvalue weighted by Gasteiger charge is -2.35. The van der Waals surface area contributed by atoms with Crippen molar-refractivity contribution < 1.29 is 0 Å². The first-order valence-corrected chi connectivity index (χ1v) is 44.2. The molecule has 0 atom stereocenters. The molecule has 2 heteroatoms. The van der Waals surface area contributed by atoms with Gasteiger partial charge in [-0.25, -0.2) is 0 Å². The predicted molar refractivity (Wildman–Crippen MR) is 507 cm³/mol. The standard InChI is InChI=1S/C116H112N2/c1-15-17-19-21-23-33-77-43-53-87(54-44-77)117(109-73(3)63-85(64-74(109)4)83-51-61-95-93-59-49-81(69-105(93)115(11,12)107(95)71-83)79-47-57-91-89-35-29-31-41-101(89)113(7,8)103(91)67-79)111-97-37-25-27-39-99(97)112(100-40-28-26-38-98(100)111)118(88-55-45-78(46-56-88)34-24-22-20-18-16-2)110-75(5)65-86(66-76(110)6)84-52-62-96-94-60-50-82(70-106(94)116(13,14)108(96)72-84)80-48-58-92-90-36-30-32-42-102(90)114(9,10)104(92)68-80/h25-32,35-72H,15-24,33-34H2,1-14H3. The Kier molecular flexibility index (Phi) is 19.3. The van der Waals surface area contributed by atoms with Gasteiger partial charge < -0.3 is 9.80 Å². The number of hydrogen-bond acceptors (Lipinski definition) is 2. The minimum Gasteiger partial charge on any atom is -0.309 e. The Morgan fingerprint density at radius 3 is 0.729 bits per heavy atom. The molecule has 0 amide bonds. The molecule has 0 fully saturated rings. The molecule has 0 aromatic heterocycles. The average Bonchev–Trinajstić information content (AvgIpc) is 1.33. The number of rotatable bonds is 22. The number of unbranched alkanes of at least 4 members (excludes halogenated alkanes) is 8. The fourth-order valence-electron chi connectivity index (χ4n) is 21.7. The third kappa shape index (κ3) is 12.7. The van der Waals surface area contributed by atoms with Gasteiger partial charge in [0.15, 0.2) is 0 Å². The van der Waals surface area contributed by atoms with Crippen LogP contribution in [0.1, 0.15) is 211 Å². The van der Waals surface area contributed by atoms with Crippen molar-refractivity contribution in [2.45, 2.75) is 196 Å². The summed E-state index contributed by atoms with van der Waals surface area (Å²) in [5.74, 6) is 0. The summed E-state index contributed by atoms with van der Waals surface area (Å²) in [5, 5.41) is 4.80. The molecule has 4 aliphatic rings. The van der Waals surface area contributed by atoms with Crippen LogP contribution in [0.2, 0.25) is 0 Å². The fourth-order valence-corrected chi connectivity index (χ4v) is 21.7. The zero-order chi connectivity index (χ0) is 81.3. The minimum absolute atomic E-state index is 0.0625. The zero-order valence-electron chi connectivity index (χ0n) is 71.9. The lowest BCUT2D eigenvalue weighted by atomic mass is 9.80. The molecule has 0 saturated carbocycles. The molecule has 19 rings (SSSR count). The van der Waals surface area contributed by atoms with Crippen molar-refractivity contribution in [2.75, 3.05) is 9.80 Å². The van der Waals surface area contributed by atoms with E-state index < -0.39 is 0 Å². The van der Waals surface area contributed by atoms with E-state index >= 15 is 0 Å². The van der Waals surface area contributed by atoms with Crippen LogP contribution in [0, 0.1) is 27.7 Å². The molecule has 0 spiro atoms. The van der Waals surface area contributed by atoms with Gasteiger partial charge in [-0.2, -0.15) is 0 Å². The number of hydrogen-bond donors (Lipinski definition) is 0. The van der Waals surface area contributed by atoms with Gasteiger partial charge in [-0.3, -0.25) is 0 Å². The second kappa shape index (κ2) is 29.8. The number of benzene rings is 15. The molecule has 0 saturated heterocycles. The Labute approximate surface area is 702 Å². The Morgan fingerprint density at radius 1 is 0.212 bits per heavy atom. The van der Waals surface area contributed by atoms with Gasteiger partial charge >= 0.3 is 0 Å². The Bertz CT molecular complexity index is 6010. The van der Waals surface area contributed by atoms with Crippen LogP contribution in [0.4, 0.5) is 34.1 Å². The highest BCUT2D eigenvalue weighted by molar-refractivity contribution is 6.24. The molecular formula is C116H112N2. The molecule has 15 aromatic rings. The topological polar surface area (TPSA) is 6.48 Å². The van der Waals surface area contributed by atoms with Crippen molar-refractivity contribution in [3.8, 4) is 89.0 Å². The second-order valence-corrected chi connectivity index (χ2v) is 37.2. The van der Waals surface area contributed by atoms with Crippen molar-refractivity contribution in [3.05, 3.63) is 357 Å². The van der Waals surface area contributed by atoms with E-state index in [1.807, 2.05) is 0 Å². The molecule has 15 aromatic carbocycles. The maximum Gasteiger partial charge on any atom is 0.0620 e. The van der Waals surface area contributed by atoms with E-state index in [9.17, 15) is 0 Å². The quantitative estimate of drug-likeness (QED) is 0.0379. The largest absolute Gasteiger partial charge is 0.309 e. The number of nitrogens with zero attached hydrogens (tertiary/aromatic N) is 2. The SMILES string of the molecule is CCCCCCCc1ccc(N(c2c(C)cc(-c3ccc4c(c3)C(C)(C)c3cc(-c5ccc6c(c5)C(C)(C)c5ccccc5-6)ccc3-4)cc2C)c2c3ccccc3c(N(c3ccc(CCCCCCC)cc3)c3c(C)cc(-c4ccc5c(c4)C(C)(C)c4cc(-c6ccc7c(c6)C(C)(C)c6ccccc6-7)ccc4-5)cc3C)c3ccccc23)cc1. The van der Waals surface area contributed by atoms with Gasteiger partial charge in [0, 0.05) is 54.6 Å². The van der Waals surface area contributed by atoms with Crippen LogP contribution < -0.4 is 9.80 Å². The maximum atomic E-state index is 2.64. The lowest BCUT2D eigenvalue weighted by Crippen LogP contribution is -2.17. The first kappa shape index (κ1) is 76.4. The third-order valence-corrected chi connectivity index (χ3v) is 28.1. The molecule has 0 unspecified atom stereocenters. The van der Waals surface area contributed by atoms with Crippen molar-refractivity contribution in [1.82, 2.24) is 0 Å². The monoisotopic (exact) mass is 1530 g/mol. The van der Waals surface area contributed by atoms with Crippen molar-refractivity contribution in [2.24, 2.45) is 0 Å². The van der Waals surface area contributed by atoms with Crippen LogP contribution in [-0.4, -0.2) is 0 Å². The third-order valence-electron chi connectivity index (χ3n) is 28.1. The normalized spacial score (nSPS) is 14.4. The zero-order valence-corrected chi connectivity index (χ0v) is 71.9. The Morgan fingerprint density at radius 2 is 0.449 bits per heavy atom. The molecule has 0 bridgehead atoms. The highest BCUT2D eigenvalue weighted by Crippen LogP contribution is 2.59. The first-order valence-electron chi connectivity index (χ1n) is 44.2. The summed E-state index contributed by atoms with van der Waals surface area (Å²) in [6, 6.07) is 109. The van der Waals surface area contributed by atoms with E-state index in [4.69, 9.17) is 0 Å². The van der Waals surface area contributed by atoms with Gasteiger partial charge in [0.25, 0.3) is 0 Å². The molecule has 0 radical (unpaired) electrons. The highest BCUT2D eigenvalue weighted by Gasteiger charge is 2.41. The molecule has 0 heterocycles. The van der Waals surface area contributed by atoms with Crippen LogP contribution in [0.5, 0.6) is 0 Å². The second-order valence-electron chi connectivity index (χ2n) is 37.2. The van der Waals surface area contributed by atoms with Crippen molar-refractivity contribution >= 4 is 55.7 Å². The summed E-state index contributed by atoms with van der Waals surface area (Å²) in [6.45, 7) is 33.3. The smallest absolute Gasteiger partial charge is 0.0620 e. The summed E-state index contributed by atoms with van der Waals surface area (Å²) >= 11 is 0. The van der Waals surface area contributed by atoms with Gasteiger partial charge in [0.2, 0.25) is 0 Å².